The summed E-state index contributed by atoms with van der Waals surface area (Å²) in [5.41, 5.74) is 0. The molecule has 0 radical (unpaired) electrons. The SMILES string of the molecule is CC1C2CN(P)CC12. The lowest BCUT2D eigenvalue weighted by Crippen LogP contribution is -2.11. The molecular weight excluding hydrogens is 117 g/mol. The molecule has 1 nitrogen and oxygen atoms in total. The van der Waals surface area contributed by atoms with E-state index < -0.39 is 0 Å². The Balaban J connectivity index is 2.00. The van der Waals surface area contributed by atoms with Gasteiger partial charge in [-0.2, -0.15) is 0 Å². The number of rotatable bonds is 0. The standard InChI is InChI=1S/C6H12NP/c1-4-5-2-7(8)3-6(4)5/h4-6H,2-3,8H2,1H3. The minimum atomic E-state index is 1.05. The van der Waals surface area contributed by atoms with E-state index in [1.165, 1.54) is 13.1 Å². The molecule has 0 N–H and O–H groups in total. The molecular formula is C6H12NP. The van der Waals surface area contributed by atoms with Gasteiger partial charge in [0.25, 0.3) is 0 Å². The molecule has 1 aliphatic carbocycles. The molecule has 2 aliphatic rings. The van der Waals surface area contributed by atoms with E-state index >= 15 is 0 Å². The van der Waals surface area contributed by atoms with E-state index in [0.717, 1.165) is 17.8 Å². The zero-order chi connectivity index (χ0) is 5.72. The summed E-state index contributed by atoms with van der Waals surface area (Å²) >= 11 is 0. The molecule has 3 atom stereocenters. The minimum absolute atomic E-state index is 1.05. The number of fused-ring (bicyclic) bond motifs is 1. The van der Waals surface area contributed by atoms with Crippen LogP contribution in [0.3, 0.4) is 0 Å². The summed E-state index contributed by atoms with van der Waals surface area (Å²) in [4.78, 5) is 0. The zero-order valence-corrected chi connectivity index (χ0v) is 6.33. The Kier molecular flexibility index (Phi) is 0.947. The van der Waals surface area contributed by atoms with Gasteiger partial charge >= 0.3 is 0 Å². The highest BCUT2D eigenvalue weighted by Gasteiger charge is 2.51. The molecule has 0 amide bonds. The van der Waals surface area contributed by atoms with Crippen LogP contribution in [0.15, 0.2) is 0 Å². The van der Waals surface area contributed by atoms with E-state index in [2.05, 4.69) is 21.0 Å². The molecule has 2 rings (SSSR count). The summed E-state index contributed by atoms with van der Waals surface area (Å²) < 4.78 is 2.36. The third kappa shape index (κ3) is 0.549. The van der Waals surface area contributed by atoms with Gasteiger partial charge in [0.05, 0.1) is 0 Å². The van der Waals surface area contributed by atoms with E-state index in [1.54, 1.807) is 0 Å². The van der Waals surface area contributed by atoms with Crippen molar-refractivity contribution in [2.45, 2.75) is 6.92 Å². The van der Waals surface area contributed by atoms with Gasteiger partial charge in [-0.05, 0) is 17.8 Å². The van der Waals surface area contributed by atoms with Gasteiger partial charge in [-0.1, -0.05) is 16.3 Å². The Bertz CT molecular complexity index is 103. The van der Waals surface area contributed by atoms with Crippen molar-refractivity contribution >= 4 is 9.39 Å². The highest BCUT2D eigenvalue weighted by molar-refractivity contribution is 7.13. The van der Waals surface area contributed by atoms with Gasteiger partial charge < -0.3 is 0 Å². The van der Waals surface area contributed by atoms with Crippen LogP contribution in [0.4, 0.5) is 0 Å². The quantitative estimate of drug-likeness (QED) is 0.440. The second kappa shape index (κ2) is 1.46. The van der Waals surface area contributed by atoms with E-state index in [1.807, 2.05) is 0 Å². The van der Waals surface area contributed by atoms with Crippen LogP contribution < -0.4 is 0 Å². The van der Waals surface area contributed by atoms with Crippen molar-refractivity contribution in [3.8, 4) is 0 Å². The monoisotopic (exact) mass is 129 g/mol. The predicted octanol–water partition coefficient (Wildman–Crippen LogP) is 0.974. The lowest BCUT2D eigenvalue weighted by Gasteiger charge is -2.09. The van der Waals surface area contributed by atoms with Gasteiger partial charge in [0.1, 0.15) is 0 Å². The Morgan fingerprint density at radius 3 is 2.25 bits per heavy atom. The van der Waals surface area contributed by atoms with Crippen molar-refractivity contribution in [1.29, 1.82) is 0 Å². The van der Waals surface area contributed by atoms with E-state index in [4.69, 9.17) is 0 Å². The smallest absolute Gasteiger partial charge is 0.00505 e. The molecule has 0 aromatic rings. The number of hydrogen-bond donors (Lipinski definition) is 0. The average molecular weight is 129 g/mol. The molecule has 3 unspecified atom stereocenters. The third-order valence-electron chi connectivity index (χ3n) is 2.65. The van der Waals surface area contributed by atoms with Gasteiger partial charge in [-0.15, -0.1) is 0 Å². The van der Waals surface area contributed by atoms with Crippen LogP contribution in [0.25, 0.3) is 0 Å². The molecule has 0 aromatic heterocycles. The van der Waals surface area contributed by atoms with Crippen LogP contribution >= 0.6 is 9.39 Å². The van der Waals surface area contributed by atoms with Crippen molar-refractivity contribution in [3.63, 3.8) is 0 Å². The molecule has 0 spiro atoms. The summed E-state index contributed by atoms with van der Waals surface area (Å²) in [6, 6.07) is 0. The van der Waals surface area contributed by atoms with Crippen molar-refractivity contribution in [3.05, 3.63) is 0 Å². The molecule has 1 saturated heterocycles. The fourth-order valence-electron chi connectivity index (χ4n) is 1.86. The Morgan fingerprint density at radius 2 is 1.88 bits per heavy atom. The molecule has 0 bridgehead atoms. The van der Waals surface area contributed by atoms with E-state index in [-0.39, 0.29) is 0 Å². The van der Waals surface area contributed by atoms with Crippen LogP contribution in [-0.2, 0) is 0 Å². The minimum Gasteiger partial charge on any atom is -0.287 e. The largest absolute Gasteiger partial charge is 0.287 e. The average Bonchev–Trinajstić information content (AvgIpc) is 2.29. The second-order valence-electron chi connectivity index (χ2n) is 3.14. The summed E-state index contributed by atoms with van der Waals surface area (Å²) in [5.74, 6) is 3.17. The van der Waals surface area contributed by atoms with Crippen molar-refractivity contribution in [1.82, 2.24) is 4.67 Å². The maximum absolute atomic E-state index is 2.78. The number of nitrogens with zero attached hydrogens (tertiary/aromatic N) is 1. The maximum Gasteiger partial charge on any atom is 0.00505 e. The first-order valence-electron chi connectivity index (χ1n) is 3.28. The zero-order valence-electron chi connectivity index (χ0n) is 5.17. The predicted molar refractivity (Wildman–Crippen MR) is 37.4 cm³/mol. The van der Waals surface area contributed by atoms with E-state index in [9.17, 15) is 0 Å². The van der Waals surface area contributed by atoms with Crippen LogP contribution in [0.1, 0.15) is 6.92 Å². The van der Waals surface area contributed by atoms with Crippen LogP contribution in [0, 0.1) is 17.8 Å². The number of hydrogen-bond acceptors (Lipinski definition) is 1. The first kappa shape index (κ1) is 5.20. The van der Waals surface area contributed by atoms with Crippen molar-refractivity contribution < 1.29 is 0 Å². The fourth-order valence-corrected chi connectivity index (χ4v) is 2.34. The van der Waals surface area contributed by atoms with Crippen LogP contribution in [0.5, 0.6) is 0 Å². The normalized spacial score (nSPS) is 54.0. The third-order valence-corrected chi connectivity index (χ3v) is 3.07. The molecule has 2 heteroatoms. The summed E-state index contributed by atoms with van der Waals surface area (Å²) in [6.45, 7) is 5.03. The fraction of sp³-hybridized carbons (Fsp3) is 1.00. The summed E-state index contributed by atoms with van der Waals surface area (Å²) in [6.07, 6.45) is 0. The molecule has 1 saturated carbocycles. The Labute approximate surface area is 52.7 Å². The lowest BCUT2D eigenvalue weighted by atomic mass is 10.3. The molecule has 1 heterocycles. The van der Waals surface area contributed by atoms with Gasteiger partial charge in [-0.25, -0.2) is 0 Å². The van der Waals surface area contributed by atoms with Crippen molar-refractivity contribution in [2.24, 2.45) is 17.8 Å². The van der Waals surface area contributed by atoms with Gasteiger partial charge in [0.2, 0.25) is 0 Å². The Hall–Kier alpha value is 0.390. The molecule has 8 heavy (non-hydrogen) atoms. The first-order chi connectivity index (χ1) is 3.79. The molecule has 1 aliphatic heterocycles. The van der Waals surface area contributed by atoms with Crippen molar-refractivity contribution in [2.75, 3.05) is 13.1 Å². The van der Waals surface area contributed by atoms with E-state index in [0.29, 0.717) is 0 Å². The highest BCUT2D eigenvalue weighted by Crippen LogP contribution is 2.51. The summed E-state index contributed by atoms with van der Waals surface area (Å²) in [5, 5.41) is 0. The van der Waals surface area contributed by atoms with Gasteiger partial charge in [0.15, 0.2) is 0 Å². The van der Waals surface area contributed by atoms with Gasteiger partial charge in [0, 0.05) is 13.1 Å². The topological polar surface area (TPSA) is 3.24 Å². The van der Waals surface area contributed by atoms with Crippen LogP contribution in [0.2, 0.25) is 0 Å². The number of piperidine rings is 1. The highest BCUT2D eigenvalue weighted by atomic mass is 31.0. The lowest BCUT2D eigenvalue weighted by molar-refractivity contribution is 0.475. The maximum atomic E-state index is 2.78. The summed E-state index contributed by atoms with van der Waals surface area (Å²) in [7, 11) is 2.78. The molecule has 2 fully saturated rings. The molecule has 46 valence electrons. The first-order valence-corrected chi connectivity index (χ1v) is 3.80. The van der Waals surface area contributed by atoms with Crippen LogP contribution in [-0.4, -0.2) is 17.8 Å². The Morgan fingerprint density at radius 1 is 1.38 bits per heavy atom. The van der Waals surface area contributed by atoms with Gasteiger partial charge in [-0.3, -0.25) is 4.67 Å². The second-order valence-corrected chi connectivity index (χ2v) is 3.87. The molecule has 0 aromatic carbocycles.